The number of aromatic amines is 1. The average molecular weight is 388 g/mol. The van der Waals surface area contributed by atoms with E-state index in [4.69, 9.17) is 15.6 Å². The normalized spacial score (nSPS) is 11.5. The van der Waals surface area contributed by atoms with Gasteiger partial charge in [0.2, 0.25) is 5.91 Å². The molecule has 0 spiro atoms. The lowest BCUT2D eigenvalue weighted by atomic mass is 10.1. The van der Waals surface area contributed by atoms with Crippen molar-refractivity contribution < 1.29 is 24.2 Å². The van der Waals surface area contributed by atoms with Gasteiger partial charge in [0, 0.05) is 18.9 Å². The number of hydrogen-bond acceptors (Lipinski definition) is 6. The number of hydrogen-bond donors (Lipinski definition) is 4. The number of nitrogens with one attached hydrogen (secondary N) is 2. The largest absolute Gasteiger partial charge is 0.497 e. The second kappa shape index (κ2) is 9.31. The summed E-state index contributed by atoms with van der Waals surface area (Å²) in [5.41, 5.74) is 5.06. The smallest absolute Gasteiger partial charge is 0.326 e. The third-order valence-electron chi connectivity index (χ3n) is 3.84. The maximum absolute atomic E-state index is 12.3. The quantitative estimate of drug-likeness (QED) is 0.462. The van der Waals surface area contributed by atoms with Gasteiger partial charge in [0.1, 0.15) is 23.3 Å². The summed E-state index contributed by atoms with van der Waals surface area (Å²) in [5, 5.41) is 11.4. The molecule has 0 bridgehead atoms. The molecule has 1 aromatic heterocycles. The van der Waals surface area contributed by atoms with Gasteiger partial charge in [-0.25, -0.2) is 9.78 Å². The van der Waals surface area contributed by atoms with Crippen molar-refractivity contribution in [2.45, 2.75) is 25.3 Å². The number of carbonyl (C=O) groups excluding carboxylic acids is 2. The summed E-state index contributed by atoms with van der Waals surface area (Å²) < 4.78 is 5.08. The minimum atomic E-state index is -1.33. The van der Waals surface area contributed by atoms with Gasteiger partial charge in [-0.15, -0.1) is 0 Å². The van der Waals surface area contributed by atoms with E-state index in [-0.39, 0.29) is 30.8 Å². The molecule has 10 heteroatoms. The van der Waals surface area contributed by atoms with E-state index in [1.807, 2.05) is 0 Å². The lowest BCUT2D eigenvalue weighted by Gasteiger charge is -2.13. The molecule has 0 radical (unpaired) electrons. The van der Waals surface area contributed by atoms with Crippen LogP contribution in [-0.4, -0.2) is 46.0 Å². The van der Waals surface area contributed by atoms with Gasteiger partial charge >= 0.3 is 5.97 Å². The predicted octanol–water partition coefficient (Wildman–Crippen LogP) is -0.182. The molecule has 1 heterocycles. The minimum Gasteiger partial charge on any atom is -0.497 e. The van der Waals surface area contributed by atoms with Crippen LogP contribution in [0.1, 0.15) is 34.7 Å². The van der Waals surface area contributed by atoms with Gasteiger partial charge in [-0.1, -0.05) is 12.1 Å². The Balaban J connectivity index is 2.16. The molecule has 1 aromatic carbocycles. The number of H-pyrrole nitrogens is 1. The number of rotatable bonds is 9. The first-order valence-electron chi connectivity index (χ1n) is 8.33. The molecule has 5 N–H and O–H groups in total. The van der Waals surface area contributed by atoms with Gasteiger partial charge in [-0.3, -0.25) is 14.4 Å². The van der Waals surface area contributed by atoms with Gasteiger partial charge in [0.05, 0.1) is 7.11 Å². The van der Waals surface area contributed by atoms with Gasteiger partial charge in [-0.2, -0.15) is 0 Å². The molecule has 2 amide bonds. The fourth-order valence-corrected chi connectivity index (χ4v) is 2.42. The number of primary amides is 1. The van der Waals surface area contributed by atoms with E-state index >= 15 is 0 Å². The number of carboxylic acid groups (broad SMARTS) is 1. The van der Waals surface area contributed by atoms with Crippen LogP contribution in [0.25, 0.3) is 0 Å². The van der Waals surface area contributed by atoms with Crippen LogP contribution < -0.4 is 21.3 Å². The maximum atomic E-state index is 12.3. The monoisotopic (exact) mass is 388 g/mol. The van der Waals surface area contributed by atoms with Crippen LogP contribution in [0, 0.1) is 0 Å². The molecule has 0 aliphatic rings. The summed E-state index contributed by atoms with van der Waals surface area (Å²) >= 11 is 0. The summed E-state index contributed by atoms with van der Waals surface area (Å²) in [7, 11) is 1.55. The number of methoxy groups -OCH3 is 1. The average Bonchev–Trinajstić information content (AvgIpc) is 2.64. The molecular weight excluding hydrogens is 368 g/mol. The Labute approximate surface area is 159 Å². The van der Waals surface area contributed by atoms with Crippen LogP contribution >= 0.6 is 0 Å². The number of carbonyl (C=O) groups is 3. The lowest BCUT2D eigenvalue weighted by molar-refractivity contribution is -0.139. The number of carboxylic acids is 1. The summed E-state index contributed by atoms with van der Waals surface area (Å²) in [6, 6.07) is 6.72. The summed E-state index contributed by atoms with van der Waals surface area (Å²) in [6.45, 7) is 0. The Morgan fingerprint density at radius 2 is 1.96 bits per heavy atom. The minimum absolute atomic E-state index is 0.168. The number of amides is 2. The van der Waals surface area contributed by atoms with E-state index in [1.54, 1.807) is 31.4 Å². The second-order valence-corrected chi connectivity index (χ2v) is 5.97. The van der Waals surface area contributed by atoms with Crippen LogP contribution in [0.5, 0.6) is 5.75 Å². The molecule has 0 aliphatic carbocycles. The van der Waals surface area contributed by atoms with Gasteiger partial charge in [0.15, 0.2) is 0 Å². The fraction of sp³-hybridized carbons (Fsp3) is 0.278. The standard InChI is InChI=1S/C18H20N4O6/c1-28-11-4-2-10(3-5-11)8-15-20-13(9-16(24)22-15)17(25)21-12(18(26)27)6-7-14(19)23/h2-5,9,12H,6-8H2,1H3,(H2,19,23)(H,21,25)(H,26,27)(H,20,22,24). The number of nitrogens with two attached hydrogens (primary N) is 1. The molecule has 1 atom stereocenters. The van der Waals surface area contributed by atoms with Crippen molar-refractivity contribution in [3.05, 3.63) is 57.8 Å². The zero-order valence-corrected chi connectivity index (χ0v) is 15.1. The highest BCUT2D eigenvalue weighted by atomic mass is 16.5. The van der Waals surface area contributed by atoms with Crippen molar-refractivity contribution >= 4 is 17.8 Å². The highest BCUT2D eigenvalue weighted by molar-refractivity contribution is 5.95. The first-order valence-corrected chi connectivity index (χ1v) is 8.33. The van der Waals surface area contributed by atoms with Gasteiger partial charge in [0.25, 0.3) is 11.5 Å². The molecule has 0 saturated heterocycles. The third-order valence-corrected chi connectivity index (χ3v) is 3.84. The Kier molecular flexibility index (Phi) is 6.85. The third kappa shape index (κ3) is 5.94. The summed E-state index contributed by atoms with van der Waals surface area (Å²) in [6.07, 6.45) is -0.120. The Morgan fingerprint density at radius 3 is 2.54 bits per heavy atom. The zero-order valence-electron chi connectivity index (χ0n) is 15.1. The molecule has 0 saturated carbocycles. The molecule has 2 rings (SSSR count). The molecule has 148 valence electrons. The van der Waals surface area contributed by atoms with Crippen LogP contribution in [0.15, 0.2) is 35.1 Å². The number of ether oxygens (including phenoxy) is 1. The number of aromatic nitrogens is 2. The van der Waals surface area contributed by atoms with Crippen molar-refractivity contribution in [2.75, 3.05) is 7.11 Å². The zero-order chi connectivity index (χ0) is 20.7. The first-order chi connectivity index (χ1) is 13.3. The fourth-order valence-electron chi connectivity index (χ4n) is 2.42. The molecule has 28 heavy (non-hydrogen) atoms. The van der Waals surface area contributed by atoms with Crippen LogP contribution in [0.3, 0.4) is 0 Å². The van der Waals surface area contributed by atoms with Crippen LogP contribution in [-0.2, 0) is 16.0 Å². The van der Waals surface area contributed by atoms with E-state index < -0.39 is 29.4 Å². The van der Waals surface area contributed by atoms with Gasteiger partial charge < -0.3 is 25.9 Å². The first kappa shape index (κ1) is 20.6. The number of aliphatic carboxylic acids is 1. The number of benzene rings is 1. The molecular formula is C18H20N4O6. The summed E-state index contributed by atoms with van der Waals surface area (Å²) in [4.78, 5) is 52.9. The predicted molar refractivity (Wildman–Crippen MR) is 98.0 cm³/mol. The molecule has 1 unspecified atom stereocenters. The van der Waals surface area contributed by atoms with E-state index in [9.17, 15) is 19.2 Å². The Hall–Kier alpha value is -3.69. The molecule has 0 fully saturated rings. The Morgan fingerprint density at radius 1 is 1.29 bits per heavy atom. The SMILES string of the molecule is COc1ccc(Cc2nc(C(=O)NC(CCC(N)=O)C(=O)O)cc(=O)[nH]2)cc1. The second-order valence-electron chi connectivity index (χ2n) is 5.97. The van der Waals surface area contributed by atoms with Crippen molar-refractivity contribution in [2.24, 2.45) is 5.73 Å². The van der Waals surface area contributed by atoms with E-state index in [0.717, 1.165) is 11.6 Å². The van der Waals surface area contributed by atoms with E-state index in [1.165, 1.54) is 0 Å². The summed E-state index contributed by atoms with van der Waals surface area (Å²) in [5.74, 6) is -1.92. The maximum Gasteiger partial charge on any atom is 0.326 e. The molecule has 0 aliphatic heterocycles. The van der Waals surface area contributed by atoms with E-state index in [0.29, 0.717) is 5.75 Å². The topological polar surface area (TPSA) is 164 Å². The van der Waals surface area contributed by atoms with Crippen molar-refractivity contribution in [3.8, 4) is 5.75 Å². The van der Waals surface area contributed by atoms with Crippen LogP contribution in [0.2, 0.25) is 0 Å². The number of nitrogens with zero attached hydrogens (tertiary/aromatic N) is 1. The molecule has 2 aromatic rings. The van der Waals surface area contributed by atoms with E-state index in [2.05, 4.69) is 15.3 Å². The van der Waals surface area contributed by atoms with Crippen molar-refractivity contribution in [1.29, 1.82) is 0 Å². The highest BCUT2D eigenvalue weighted by Gasteiger charge is 2.22. The lowest BCUT2D eigenvalue weighted by Crippen LogP contribution is -2.42. The van der Waals surface area contributed by atoms with Crippen molar-refractivity contribution in [3.63, 3.8) is 0 Å². The Bertz CT molecular complexity index is 922. The van der Waals surface area contributed by atoms with Crippen molar-refractivity contribution in [1.82, 2.24) is 15.3 Å². The van der Waals surface area contributed by atoms with Crippen LogP contribution in [0.4, 0.5) is 0 Å². The van der Waals surface area contributed by atoms with Gasteiger partial charge in [-0.05, 0) is 24.1 Å². The molecule has 10 nitrogen and oxygen atoms in total. The highest BCUT2D eigenvalue weighted by Crippen LogP contribution is 2.13.